The lowest BCUT2D eigenvalue weighted by atomic mass is 10.2. The summed E-state index contributed by atoms with van der Waals surface area (Å²) in [5.41, 5.74) is -0.191. The van der Waals surface area contributed by atoms with Crippen molar-refractivity contribution in [2.75, 3.05) is 6.54 Å². The van der Waals surface area contributed by atoms with Gasteiger partial charge in [-0.05, 0) is 20.8 Å². The molecule has 0 aliphatic carbocycles. The van der Waals surface area contributed by atoms with Crippen LogP contribution in [0, 0.1) is 10.1 Å². The normalized spacial score (nSPS) is 10.5. The maximum atomic E-state index is 12.2. The van der Waals surface area contributed by atoms with Crippen LogP contribution in [0.3, 0.4) is 0 Å². The largest absolute Gasteiger partial charge is 0.336 e. The Balaban J connectivity index is 3.19. The lowest BCUT2D eigenvalue weighted by Crippen LogP contribution is -2.36. The molecule has 0 bridgehead atoms. The number of hydrogen-bond donors (Lipinski definition) is 0. The van der Waals surface area contributed by atoms with Gasteiger partial charge >= 0.3 is 0 Å². The van der Waals surface area contributed by atoms with E-state index in [9.17, 15) is 14.9 Å². The van der Waals surface area contributed by atoms with Crippen LogP contribution in [-0.2, 0) is 0 Å². The average molecular weight is 272 g/mol. The molecule has 1 aromatic heterocycles. The number of hydrogen-bond acceptors (Lipinski definition) is 4. The zero-order valence-corrected chi connectivity index (χ0v) is 11.1. The molecule has 0 N–H and O–H groups in total. The van der Waals surface area contributed by atoms with Gasteiger partial charge < -0.3 is 4.90 Å². The van der Waals surface area contributed by atoms with E-state index in [1.165, 1.54) is 0 Å². The summed E-state index contributed by atoms with van der Waals surface area (Å²) in [6.45, 7) is 6.05. The van der Waals surface area contributed by atoms with Crippen molar-refractivity contribution in [2.45, 2.75) is 26.8 Å². The van der Waals surface area contributed by atoms with Crippen molar-refractivity contribution in [3.8, 4) is 0 Å². The van der Waals surface area contributed by atoms with E-state index >= 15 is 0 Å². The van der Waals surface area contributed by atoms with E-state index < -0.39 is 4.92 Å². The predicted molar refractivity (Wildman–Crippen MR) is 67.7 cm³/mol. The van der Waals surface area contributed by atoms with E-state index in [1.54, 1.807) is 4.90 Å². The summed E-state index contributed by atoms with van der Waals surface area (Å²) in [6, 6.07) is 1.14. The van der Waals surface area contributed by atoms with Gasteiger partial charge in [0.2, 0.25) is 0 Å². The molecular weight excluding hydrogens is 258 g/mol. The summed E-state index contributed by atoms with van der Waals surface area (Å²) < 4.78 is 0. The van der Waals surface area contributed by atoms with Crippen LogP contribution in [0.15, 0.2) is 12.3 Å². The average Bonchev–Trinajstić information content (AvgIpc) is 2.29. The zero-order chi connectivity index (χ0) is 13.9. The number of halogens is 1. The molecule has 0 radical (unpaired) electrons. The maximum absolute atomic E-state index is 12.2. The molecule has 18 heavy (non-hydrogen) atoms. The Kier molecular flexibility index (Phi) is 4.61. The van der Waals surface area contributed by atoms with Crippen molar-refractivity contribution >= 4 is 23.2 Å². The van der Waals surface area contributed by atoms with Crippen molar-refractivity contribution in [2.24, 2.45) is 0 Å². The number of carbonyl (C=O) groups excluding carboxylic acids is 1. The van der Waals surface area contributed by atoms with Gasteiger partial charge in [-0.3, -0.25) is 14.9 Å². The fraction of sp³-hybridized carbons (Fsp3) is 0.455. The van der Waals surface area contributed by atoms with E-state index in [0.717, 1.165) is 12.3 Å². The molecule has 0 saturated heterocycles. The van der Waals surface area contributed by atoms with Gasteiger partial charge in [0.1, 0.15) is 11.3 Å². The number of pyridine rings is 1. The van der Waals surface area contributed by atoms with Gasteiger partial charge in [-0.1, -0.05) is 11.6 Å². The Hall–Kier alpha value is -1.69. The molecule has 98 valence electrons. The topological polar surface area (TPSA) is 76.3 Å². The number of rotatable bonds is 4. The molecule has 6 nitrogen and oxygen atoms in total. The van der Waals surface area contributed by atoms with Crippen molar-refractivity contribution < 1.29 is 9.72 Å². The Bertz CT molecular complexity index is 477. The SMILES string of the molecule is CCN(C(=O)c1cc([N+](=O)[O-])cnc1Cl)C(C)C. The van der Waals surface area contributed by atoms with Crippen LogP contribution in [0.25, 0.3) is 0 Å². The number of carbonyl (C=O) groups is 1. The lowest BCUT2D eigenvalue weighted by Gasteiger charge is -2.25. The van der Waals surface area contributed by atoms with Crippen LogP contribution >= 0.6 is 11.6 Å². The molecule has 0 spiro atoms. The van der Waals surface area contributed by atoms with Gasteiger partial charge in [-0.25, -0.2) is 4.98 Å². The number of aromatic nitrogens is 1. The fourth-order valence-electron chi connectivity index (χ4n) is 1.58. The molecule has 1 heterocycles. The first-order valence-electron chi connectivity index (χ1n) is 5.49. The minimum Gasteiger partial charge on any atom is -0.336 e. The second-order valence-electron chi connectivity index (χ2n) is 3.97. The van der Waals surface area contributed by atoms with Crippen LogP contribution in [-0.4, -0.2) is 33.3 Å². The molecule has 1 aromatic rings. The first-order chi connectivity index (χ1) is 8.38. The Morgan fingerprint density at radius 2 is 2.22 bits per heavy atom. The third-order valence-corrected chi connectivity index (χ3v) is 2.79. The minimum atomic E-state index is -0.605. The van der Waals surface area contributed by atoms with Crippen LogP contribution in [0.4, 0.5) is 5.69 Å². The zero-order valence-electron chi connectivity index (χ0n) is 10.4. The van der Waals surface area contributed by atoms with Gasteiger partial charge in [0.25, 0.3) is 11.6 Å². The molecule has 1 rings (SSSR count). The summed E-state index contributed by atoms with van der Waals surface area (Å²) in [7, 11) is 0. The second-order valence-corrected chi connectivity index (χ2v) is 4.33. The van der Waals surface area contributed by atoms with E-state index in [-0.39, 0.29) is 28.4 Å². The summed E-state index contributed by atoms with van der Waals surface area (Å²) in [6.07, 6.45) is 1.03. The predicted octanol–water partition coefficient (Wildman–Crippen LogP) is 2.51. The third-order valence-electron chi connectivity index (χ3n) is 2.49. The van der Waals surface area contributed by atoms with E-state index in [2.05, 4.69) is 4.98 Å². The van der Waals surface area contributed by atoms with Crippen LogP contribution < -0.4 is 0 Å². The van der Waals surface area contributed by atoms with Crippen molar-refractivity contribution in [1.29, 1.82) is 0 Å². The van der Waals surface area contributed by atoms with E-state index in [0.29, 0.717) is 6.54 Å². The van der Waals surface area contributed by atoms with E-state index in [4.69, 9.17) is 11.6 Å². The summed E-state index contributed by atoms with van der Waals surface area (Å²) in [4.78, 5) is 27.5. The summed E-state index contributed by atoms with van der Waals surface area (Å²) >= 11 is 5.82. The number of nitro groups is 1. The highest BCUT2D eigenvalue weighted by atomic mass is 35.5. The Morgan fingerprint density at radius 1 is 1.61 bits per heavy atom. The minimum absolute atomic E-state index is 0.0159. The molecule has 0 aliphatic rings. The molecule has 0 saturated carbocycles. The van der Waals surface area contributed by atoms with E-state index in [1.807, 2.05) is 20.8 Å². The molecule has 0 aliphatic heterocycles. The molecular formula is C11H14ClN3O3. The van der Waals surface area contributed by atoms with Gasteiger partial charge in [-0.15, -0.1) is 0 Å². The highest BCUT2D eigenvalue weighted by Crippen LogP contribution is 2.21. The van der Waals surface area contributed by atoms with Gasteiger partial charge in [0, 0.05) is 18.7 Å². The van der Waals surface area contributed by atoms with Gasteiger partial charge in [-0.2, -0.15) is 0 Å². The fourth-order valence-corrected chi connectivity index (χ4v) is 1.77. The monoisotopic (exact) mass is 271 g/mol. The standard InChI is InChI=1S/C11H14ClN3O3/c1-4-14(7(2)3)11(16)9-5-8(15(17)18)6-13-10(9)12/h5-7H,4H2,1-3H3. The Morgan fingerprint density at radius 3 is 2.67 bits per heavy atom. The van der Waals surface area contributed by atoms with Gasteiger partial charge in [0.05, 0.1) is 10.5 Å². The van der Waals surface area contributed by atoms with Crippen molar-refractivity contribution in [1.82, 2.24) is 9.88 Å². The second kappa shape index (κ2) is 5.77. The molecule has 1 amide bonds. The smallest absolute Gasteiger partial charge is 0.288 e. The summed E-state index contributed by atoms with van der Waals surface area (Å²) in [5.74, 6) is -0.353. The van der Waals surface area contributed by atoms with Crippen LogP contribution in [0.1, 0.15) is 31.1 Å². The lowest BCUT2D eigenvalue weighted by molar-refractivity contribution is -0.385. The highest BCUT2D eigenvalue weighted by Gasteiger charge is 2.22. The van der Waals surface area contributed by atoms with Crippen LogP contribution in [0.2, 0.25) is 5.15 Å². The van der Waals surface area contributed by atoms with Crippen molar-refractivity contribution in [3.63, 3.8) is 0 Å². The quantitative estimate of drug-likeness (QED) is 0.479. The maximum Gasteiger partial charge on any atom is 0.288 e. The van der Waals surface area contributed by atoms with Crippen molar-refractivity contribution in [3.05, 3.63) is 33.1 Å². The number of nitrogens with zero attached hydrogens (tertiary/aromatic N) is 3. The van der Waals surface area contributed by atoms with Gasteiger partial charge in [0.15, 0.2) is 0 Å². The highest BCUT2D eigenvalue weighted by molar-refractivity contribution is 6.32. The third kappa shape index (κ3) is 2.95. The summed E-state index contributed by atoms with van der Waals surface area (Å²) in [5, 5.41) is 10.6. The number of amides is 1. The molecule has 0 unspecified atom stereocenters. The first kappa shape index (κ1) is 14.4. The molecule has 0 aromatic carbocycles. The van der Waals surface area contributed by atoms with Crippen LogP contribution in [0.5, 0.6) is 0 Å². The Labute approximate surface area is 110 Å². The molecule has 7 heteroatoms. The molecule has 0 atom stereocenters. The first-order valence-corrected chi connectivity index (χ1v) is 5.87. The molecule has 0 fully saturated rings.